The van der Waals surface area contributed by atoms with Crippen LogP contribution < -0.4 is 15.8 Å². The number of amides is 4. The largest absolute Gasteiger partial charge is 0.489 e. The number of unbranched alkanes of at least 4 members (excludes halogenated alkanes) is 3. The molecular weight excluding hydrogens is 912 g/mol. The van der Waals surface area contributed by atoms with Gasteiger partial charge in [-0.2, -0.15) is 5.26 Å². The molecule has 69 heavy (non-hydrogen) atoms. The van der Waals surface area contributed by atoms with E-state index < -0.39 is 41.4 Å². The molecule has 368 valence electrons. The number of halogens is 1. The number of β-amino-alcohol motifs (C(OH)–C–C–N with tert-alkyl or cyclic N) is 1. The van der Waals surface area contributed by atoms with Crippen molar-refractivity contribution in [2.75, 3.05) is 13.2 Å². The number of nitrogens with one attached hydrogen (secondary N) is 1. The van der Waals surface area contributed by atoms with E-state index in [9.17, 15) is 29.5 Å². The summed E-state index contributed by atoms with van der Waals surface area (Å²) < 4.78 is 12.6. The van der Waals surface area contributed by atoms with Gasteiger partial charge in [-0.15, -0.1) is 11.3 Å². The van der Waals surface area contributed by atoms with E-state index in [1.165, 1.54) is 4.90 Å². The van der Waals surface area contributed by atoms with E-state index in [-0.39, 0.29) is 60.4 Å². The van der Waals surface area contributed by atoms with Gasteiger partial charge < -0.3 is 35.4 Å². The van der Waals surface area contributed by atoms with Gasteiger partial charge >= 0.3 is 0 Å². The number of aryl methyl sites for hydroxylation is 2. The van der Waals surface area contributed by atoms with Gasteiger partial charge in [0.25, 0.3) is 5.91 Å². The van der Waals surface area contributed by atoms with E-state index in [2.05, 4.69) is 50.1 Å². The lowest BCUT2D eigenvalue weighted by molar-refractivity contribution is -0.199. The number of aliphatic hydroxyl groups is 1. The number of aliphatic hydroxyl groups excluding tert-OH is 1. The number of carbonyl (C=O) groups excluding carboxylic acids is 4. The molecule has 4 N–H and O–H groups in total. The van der Waals surface area contributed by atoms with Crippen LogP contribution in [0.15, 0.2) is 66.2 Å². The van der Waals surface area contributed by atoms with Crippen LogP contribution >= 0.6 is 22.9 Å². The van der Waals surface area contributed by atoms with Gasteiger partial charge in [0.15, 0.2) is 0 Å². The van der Waals surface area contributed by atoms with Crippen molar-refractivity contribution in [3.63, 3.8) is 0 Å². The summed E-state index contributed by atoms with van der Waals surface area (Å²) in [5, 5.41) is 23.5. The number of aromatic nitrogens is 1. The highest BCUT2D eigenvalue weighted by atomic mass is 35.5. The van der Waals surface area contributed by atoms with Crippen molar-refractivity contribution in [2.45, 2.75) is 144 Å². The van der Waals surface area contributed by atoms with E-state index in [0.717, 1.165) is 64.1 Å². The van der Waals surface area contributed by atoms with Crippen LogP contribution in [0.2, 0.25) is 5.02 Å². The maximum Gasteiger partial charge on any atom is 0.254 e. The topological polar surface area (TPSA) is 188 Å². The van der Waals surface area contributed by atoms with Crippen molar-refractivity contribution in [3.8, 4) is 22.3 Å². The summed E-state index contributed by atoms with van der Waals surface area (Å²) in [6, 6.07) is 19.9. The fraction of sp³-hybridized carbons (Fsp3) is 0.519. The van der Waals surface area contributed by atoms with Gasteiger partial charge in [0.1, 0.15) is 30.1 Å². The van der Waals surface area contributed by atoms with E-state index in [4.69, 9.17) is 26.8 Å². The number of nitriles is 1. The first-order chi connectivity index (χ1) is 32.5. The highest BCUT2D eigenvalue weighted by Crippen LogP contribution is 2.59. The summed E-state index contributed by atoms with van der Waals surface area (Å²) in [6.45, 7) is 18.6. The summed E-state index contributed by atoms with van der Waals surface area (Å²) >= 11 is 7.88. The molecule has 5 atom stereocenters. The standard InChI is InChI=1S/C54H67ClN6O7S/c1-31(34-16-18-35(19-17-34)45-32(2)58-30-69-45)59-47(64)42-25-38(62)29-60(42)49(66)43(52(3,4)5)44(46(57)63)67-23-13-11-10-12-14-33-15-22-40-37(24-33)28-61(48(40)65)50-53(6,7)51(54(50,8)9)68-39-21-20-36(27-56)41(55)26-39/h15-22,24,26,30-31,38,42-44,50-51,62H,10-14,23,25,28-29H2,1-9H3,(H2,57,63)(H,59,64)/t31-,38+,42-,43-,44-,50-,51-/m0/s1. The number of hydrogen-bond donors (Lipinski definition) is 3. The SMILES string of the molecule is Cc1ncsc1-c1ccc([C@H](C)NC(=O)[C@@H]2C[C@@H](O)CN2C(=O)[C@H]([C@H](OCCCCCCc2ccc3c(c2)CN([C@H]2C(C)(C)[C@H](Oc4ccc(C#N)c(Cl)c4)C2(C)C)C3=O)C(N)=O)C(C)(C)C)cc1. The Morgan fingerprint density at radius 1 is 1.03 bits per heavy atom. The molecule has 2 aliphatic heterocycles. The quantitative estimate of drug-likeness (QED) is 0.0818. The number of ether oxygens (including phenoxy) is 2. The number of nitrogens with two attached hydrogens (primary N) is 1. The molecule has 4 aromatic rings. The summed E-state index contributed by atoms with van der Waals surface area (Å²) in [4.78, 5) is 64.0. The molecular formula is C54H67ClN6O7S. The summed E-state index contributed by atoms with van der Waals surface area (Å²) in [5.74, 6) is -1.97. The lowest BCUT2D eigenvalue weighted by Gasteiger charge is -2.65. The normalized spacial score (nSPS) is 21.7. The van der Waals surface area contributed by atoms with Crippen LogP contribution in [0, 0.1) is 40.4 Å². The van der Waals surface area contributed by atoms with Crippen LogP contribution in [0.1, 0.15) is 132 Å². The van der Waals surface area contributed by atoms with Gasteiger partial charge in [0, 0.05) is 54.6 Å². The summed E-state index contributed by atoms with van der Waals surface area (Å²) in [5.41, 5.74) is 12.5. The van der Waals surface area contributed by atoms with Crippen LogP contribution in [0.4, 0.5) is 0 Å². The van der Waals surface area contributed by atoms with Crippen molar-refractivity contribution < 1.29 is 33.8 Å². The second-order valence-corrected chi connectivity index (χ2v) is 22.7. The molecule has 2 fully saturated rings. The fourth-order valence-electron chi connectivity index (χ4n) is 11.4. The molecule has 7 rings (SSSR count). The predicted octanol–water partition coefficient (Wildman–Crippen LogP) is 8.96. The number of carbonyl (C=O) groups is 4. The van der Waals surface area contributed by atoms with Gasteiger partial charge in [0.2, 0.25) is 17.7 Å². The number of rotatable bonds is 18. The Kier molecular flexibility index (Phi) is 15.4. The van der Waals surface area contributed by atoms with Crippen molar-refractivity contribution in [2.24, 2.45) is 27.9 Å². The van der Waals surface area contributed by atoms with E-state index in [1.54, 1.807) is 29.5 Å². The Labute approximate surface area is 415 Å². The minimum Gasteiger partial charge on any atom is -0.489 e. The van der Waals surface area contributed by atoms with E-state index >= 15 is 0 Å². The minimum absolute atomic E-state index is 0.0291. The molecule has 4 amide bonds. The van der Waals surface area contributed by atoms with Gasteiger partial charge in [-0.3, -0.25) is 19.2 Å². The molecule has 1 saturated heterocycles. The molecule has 1 aromatic heterocycles. The number of hydrogen-bond acceptors (Lipinski definition) is 10. The Hall–Kier alpha value is -5.33. The number of thiazole rings is 1. The van der Waals surface area contributed by atoms with E-state index in [1.807, 2.05) is 81.4 Å². The van der Waals surface area contributed by atoms with Crippen molar-refractivity contribution >= 4 is 46.6 Å². The van der Waals surface area contributed by atoms with Crippen LogP contribution in [-0.2, 0) is 32.1 Å². The molecule has 1 aliphatic carbocycles. The fourth-order valence-corrected chi connectivity index (χ4v) is 12.5. The first-order valence-electron chi connectivity index (χ1n) is 24.0. The molecule has 15 heteroatoms. The van der Waals surface area contributed by atoms with Crippen LogP contribution in [0.5, 0.6) is 5.75 Å². The third kappa shape index (κ3) is 10.7. The zero-order valence-corrected chi connectivity index (χ0v) is 42.9. The second-order valence-electron chi connectivity index (χ2n) is 21.4. The Morgan fingerprint density at radius 3 is 2.35 bits per heavy atom. The number of primary amides is 1. The number of benzene rings is 3. The van der Waals surface area contributed by atoms with Crippen molar-refractivity contribution in [1.82, 2.24) is 20.1 Å². The molecule has 1 saturated carbocycles. The first-order valence-corrected chi connectivity index (χ1v) is 25.3. The number of likely N-dealkylation sites (tertiary alicyclic amines) is 1. The highest BCUT2D eigenvalue weighted by molar-refractivity contribution is 7.13. The minimum atomic E-state index is -1.23. The second kappa shape index (κ2) is 20.6. The van der Waals surface area contributed by atoms with Crippen LogP contribution in [-0.4, -0.2) is 87.1 Å². The average molecular weight is 980 g/mol. The van der Waals surface area contributed by atoms with Gasteiger partial charge in [-0.05, 0) is 79.0 Å². The molecule has 0 radical (unpaired) electrons. The molecule has 3 heterocycles. The van der Waals surface area contributed by atoms with Crippen molar-refractivity contribution in [1.29, 1.82) is 5.26 Å². The maximum atomic E-state index is 14.5. The first kappa shape index (κ1) is 51.5. The maximum absolute atomic E-state index is 14.5. The Balaban J connectivity index is 0.892. The predicted molar refractivity (Wildman–Crippen MR) is 267 cm³/mol. The van der Waals surface area contributed by atoms with Crippen LogP contribution in [0.3, 0.4) is 0 Å². The molecule has 0 unspecified atom stereocenters. The van der Waals surface area contributed by atoms with Crippen molar-refractivity contribution in [3.05, 3.63) is 105 Å². The lowest BCUT2D eigenvalue weighted by atomic mass is 9.49. The molecule has 3 aliphatic rings. The van der Waals surface area contributed by atoms with Crippen LogP contribution in [0.25, 0.3) is 10.4 Å². The molecule has 0 spiro atoms. The third-order valence-electron chi connectivity index (χ3n) is 14.5. The van der Waals surface area contributed by atoms with Gasteiger partial charge in [-0.25, -0.2) is 4.98 Å². The smallest absolute Gasteiger partial charge is 0.254 e. The molecule has 13 nitrogen and oxygen atoms in total. The lowest BCUT2D eigenvalue weighted by Crippen LogP contribution is -2.74. The number of fused-ring (bicyclic) bond motifs is 1. The Bertz CT molecular complexity index is 2580. The van der Waals surface area contributed by atoms with E-state index in [0.29, 0.717) is 29.3 Å². The Morgan fingerprint density at radius 2 is 1.72 bits per heavy atom. The van der Waals surface area contributed by atoms with Gasteiger partial charge in [0.05, 0.1) is 44.7 Å². The monoisotopic (exact) mass is 978 g/mol. The highest BCUT2D eigenvalue weighted by Gasteiger charge is 2.67. The number of nitrogens with zero attached hydrogens (tertiary/aromatic N) is 4. The zero-order chi connectivity index (χ0) is 50.2. The molecule has 0 bridgehead atoms. The average Bonchev–Trinajstić information content (AvgIpc) is 3.99. The van der Waals surface area contributed by atoms with Gasteiger partial charge in [-0.1, -0.05) is 109 Å². The molecule has 3 aromatic carbocycles. The summed E-state index contributed by atoms with van der Waals surface area (Å²) in [7, 11) is 0. The third-order valence-corrected chi connectivity index (χ3v) is 15.8. The zero-order valence-electron chi connectivity index (χ0n) is 41.3. The summed E-state index contributed by atoms with van der Waals surface area (Å²) in [6.07, 6.45) is 1.87.